The molecule has 5 rings (SSSR count). The number of nitrogens with one attached hydrogen (secondary N) is 1. The molecule has 3 amide bonds. The molecule has 1 saturated carbocycles. The minimum atomic E-state index is -4.11. The summed E-state index contributed by atoms with van der Waals surface area (Å²) in [4.78, 5) is 46.8. The van der Waals surface area contributed by atoms with E-state index in [0.717, 1.165) is 31.2 Å². The minimum absolute atomic E-state index is 0.0158. The molecular weight excluding hydrogens is 530 g/mol. The first-order valence-corrected chi connectivity index (χ1v) is 14.7. The molecule has 1 aliphatic carbocycles. The van der Waals surface area contributed by atoms with Crippen molar-refractivity contribution < 1.29 is 28.3 Å². The Morgan fingerprint density at radius 2 is 1.83 bits per heavy atom. The van der Waals surface area contributed by atoms with Crippen LogP contribution in [0.1, 0.15) is 62.6 Å². The Balaban J connectivity index is 1.24. The Labute approximate surface area is 239 Å². The zero-order valence-electron chi connectivity index (χ0n) is 23.1. The molecule has 3 heterocycles. The highest BCUT2D eigenvalue weighted by atomic mass is 19.3. The van der Waals surface area contributed by atoms with Crippen LogP contribution in [0.4, 0.5) is 8.78 Å². The SMILES string of the molecule is O=C([C@@H]1C[C@@H]2CCC[C@@H]2N1C(=O)CCCc1ccccc1)N1CCC[C@H]1C(O)C(F)(F)C(=O)NCc1ccccn1. The first kappa shape index (κ1) is 29.1. The van der Waals surface area contributed by atoms with E-state index in [2.05, 4.69) is 10.3 Å². The van der Waals surface area contributed by atoms with Crippen LogP contribution in [0.2, 0.25) is 0 Å². The molecule has 2 saturated heterocycles. The van der Waals surface area contributed by atoms with Gasteiger partial charge in [0.1, 0.15) is 12.1 Å². The normalized spacial score (nSPS) is 24.8. The third-order valence-electron chi connectivity index (χ3n) is 8.89. The molecule has 10 heteroatoms. The van der Waals surface area contributed by atoms with Gasteiger partial charge in [0.05, 0.1) is 18.3 Å². The van der Waals surface area contributed by atoms with Crippen molar-refractivity contribution >= 4 is 17.7 Å². The van der Waals surface area contributed by atoms with E-state index in [-0.39, 0.29) is 37.4 Å². The van der Waals surface area contributed by atoms with E-state index < -0.39 is 35.9 Å². The summed E-state index contributed by atoms with van der Waals surface area (Å²) >= 11 is 0. The van der Waals surface area contributed by atoms with Crippen molar-refractivity contribution in [3.63, 3.8) is 0 Å². The molecule has 220 valence electrons. The summed E-state index contributed by atoms with van der Waals surface area (Å²) in [5, 5.41) is 12.9. The topological polar surface area (TPSA) is 103 Å². The predicted molar refractivity (Wildman–Crippen MR) is 148 cm³/mol. The number of nitrogens with zero attached hydrogens (tertiary/aromatic N) is 3. The van der Waals surface area contributed by atoms with Crippen molar-refractivity contribution in [3.8, 4) is 0 Å². The number of benzene rings is 1. The minimum Gasteiger partial charge on any atom is -0.384 e. The second-order valence-corrected chi connectivity index (χ2v) is 11.5. The number of pyridine rings is 1. The third-order valence-corrected chi connectivity index (χ3v) is 8.89. The van der Waals surface area contributed by atoms with Crippen LogP contribution in [0.5, 0.6) is 0 Å². The second-order valence-electron chi connectivity index (χ2n) is 11.5. The fourth-order valence-electron chi connectivity index (χ4n) is 6.84. The van der Waals surface area contributed by atoms with Gasteiger partial charge in [0.25, 0.3) is 5.91 Å². The Kier molecular flexibility index (Phi) is 8.97. The molecular formula is C31H38F2N4O4. The predicted octanol–water partition coefficient (Wildman–Crippen LogP) is 3.48. The average Bonchev–Trinajstić information content (AvgIpc) is 3.73. The smallest absolute Gasteiger partial charge is 0.351 e. The molecule has 1 unspecified atom stereocenters. The van der Waals surface area contributed by atoms with Crippen LogP contribution in [0.25, 0.3) is 0 Å². The van der Waals surface area contributed by atoms with Crippen LogP contribution >= 0.6 is 0 Å². The van der Waals surface area contributed by atoms with Crippen molar-refractivity contribution in [2.24, 2.45) is 5.92 Å². The average molecular weight is 569 g/mol. The molecule has 2 aliphatic heterocycles. The van der Waals surface area contributed by atoms with E-state index in [1.165, 1.54) is 11.1 Å². The first-order valence-electron chi connectivity index (χ1n) is 14.7. The summed E-state index contributed by atoms with van der Waals surface area (Å²) in [6.45, 7) is -0.00441. The van der Waals surface area contributed by atoms with Crippen molar-refractivity contribution in [2.75, 3.05) is 6.54 Å². The molecule has 8 nitrogen and oxygen atoms in total. The van der Waals surface area contributed by atoms with Gasteiger partial charge in [-0.05, 0) is 68.6 Å². The van der Waals surface area contributed by atoms with E-state index in [9.17, 15) is 19.5 Å². The summed E-state index contributed by atoms with van der Waals surface area (Å²) in [7, 11) is 0. The highest BCUT2D eigenvalue weighted by Gasteiger charge is 2.55. The molecule has 1 aromatic heterocycles. The van der Waals surface area contributed by atoms with Crippen LogP contribution in [0.3, 0.4) is 0 Å². The highest BCUT2D eigenvalue weighted by Crippen LogP contribution is 2.43. The van der Waals surface area contributed by atoms with Gasteiger partial charge in [-0.2, -0.15) is 8.78 Å². The van der Waals surface area contributed by atoms with Gasteiger partial charge in [-0.25, -0.2) is 0 Å². The summed E-state index contributed by atoms with van der Waals surface area (Å²) in [5.41, 5.74) is 1.55. The number of rotatable bonds is 10. The lowest BCUT2D eigenvalue weighted by Gasteiger charge is -2.36. The van der Waals surface area contributed by atoms with Crippen molar-refractivity contribution in [1.29, 1.82) is 0 Å². The number of carbonyl (C=O) groups excluding carboxylic acids is 3. The number of aliphatic hydroxyl groups excluding tert-OH is 1. The summed E-state index contributed by atoms with van der Waals surface area (Å²) in [6.07, 6.45) is 4.70. The number of hydrogen-bond acceptors (Lipinski definition) is 5. The number of halogens is 2. The first-order chi connectivity index (χ1) is 19.8. The maximum absolute atomic E-state index is 15.2. The lowest BCUT2D eigenvalue weighted by molar-refractivity contribution is -0.174. The van der Waals surface area contributed by atoms with E-state index in [1.807, 2.05) is 30.3 Å². The Bertz CT molecular complexity index is 1220. The summed E-state index contributed by atoms with van der Waals surface area (Å²) < 4.78 is 30.3. The van der Waals surface area contributed by atoms with Crippen molar-refractivity contribution in [1.82, 2.24) is 20.1 Å². The monoisotopic (exact) mass is 568 g/mol. The number of likely N-dealkylation sites (tertiary alicyclic amines) is 2. The van der Waals surface area contributed by atoms with Crippen molar-refractivity contribution in [3.05, 3.63) is 66.0 Å². The number of fused-ring (bicyclic) bond motifs is 1. The van der Waals surface area contributed by atoms with E-state index in [1.54, 1.807) is 23.1 Å². The van der Waals surface area contributed by atoms with E-state index in [4.69, 9.17) is 0 Å². The zero-order chi connectivity index (χ0) is 29.0. The molecule has 0 bridgehead atoms. The number of carbonyl (C=O) groups is 3. The number of hydrogen-bond donors (Lipinski definition) is 2. The summed E-state index contributed by atoms with van der Waals surface area (Å²) in [5.74, 6) is -5.99. The molecule has 0 spiro atoms. The zero-order valence-corrected chi connectivity index (χ0v) is 23.1. The molecule has 5 atom stereocenters. The van der Waals surface area contributed by atoms with Crippen LogP contribution in [-0.2, 0) is 27.3 Å². The van der Waals surface area contributed by atoms with E-state index in [0.29, 0.717) is 31.4 Å². The molecule has 2 N–H and O–H groups in total. The van der Waals surface area contributed by atoms with Gasteiger partial charge in [0.15, 0.2) is 0 Å². The largest absolute Gasteiger partial charge is 0.384 e. The molecule has 0 radical (unpaired) electrons. The fourth-order valence-corrected chi connectivity index (χ4v) is 6.84. The quantitative estimate of drug-likeness (QED) is 0.457. The van der Waals surface area contributed by atoms with Gasteiger partial charge in [-0.1, -0.05) is 42.8 Å². The van der Waals surface area contributed by atoms with Gasteiger partial charge in [-0.3, -0.25) is 19.4 Å². The highest BCUT2D eigenvalue weighted by molar-refractivity contribution is 5.89. The lowest BCUT2D eigenvalue weighted by Crippen LogP contribution is -2.59. The van der Waals surface area contributed by atoms with Crippen LogP contribution in [0.15, 0.2) is 54.7 Å². The standard InChI is InChI=1S/C31H38F2N4O4/c32-31(33,30(41)35-20-23-13-4-5-17-34-23)28(39)25-15-8-18-36(25)29(40)26-19-22-12-7-14-24(22)37(26)27(38)16-6-11-21-9-2-1-3-10-21/h1-5,9-10,13,17,22,24-26,28,39H,6-8,11-12,14-16,18-20H2,(H,35,41)/t22-,24-,25-,26-,28?/m0/s1. The maximum atomic E-state index is 15.2. The fraction of sp³-hybridized carbons (Fsp3) is 0.548. The van der Waals surface area contributed by atoms with Gasteiger partial charge in [0, 0.05) is 25.2 Å². The Hall–Kier alpha value is -3.40. The molecule has 3 fully saturated rings. The van der Waals surface area contributed by atoms with Crippen molar-refractivity contribution in [2.45, 2.75) is 94.5 Å². The molecule has 41 heavy (non-hydrogen) atoms. The Morgan fingerprint density at radius 1 is 1.05 bits per heavy atom. The molecule has 3 aliphatic rings. The maximum Gasteiger partial charge on any atom is 0.351 e. The van der Waals surface area contributed by atoms with Crippen LogP contribution < -0.4 is 5.32 Å². The lowest BCUT2D eigenvalue weighted by atomic mass is 9.99. The molecule has 1 aromatic carbocycles. The van der Waals surface area contributed by atoms with Crippen LogP contribution in [-0.4, -0.2) is 74.3 Å². The number of aliphatic hydroxyl groups is 1. The summed E-state index contributed by atoms with van der Waals surface area (Å²) in [6, 6.07) is 12.9. The van der Waals surface area contributed by atoms with Gasteiger partial charge < -0.3 is 20.2 Å². The third kappa shape index (κ3) is 6.27. The van der Waals surface area contributed by atoms with Gasteiger partial charge >= 0.3 is 5.92 Å². The van der Waals surface area contributed by atoms with Gasteiger partial charge in [-0.15, -0.1) is 0 Å². The van der Waals surface area contributed by atoms with Crippen LogP contribution in [0, 0.1) is 5.92 Å². The second kappa shape index (κ2) is 12.6. The number of aryl methyl sites for hydroxylation is 1. The number of aromatic nitrogens is 1. The molecule has 2 aromatic rings. The number of amides is 3. The number of alkyl halides is 2. The Morgan fingerprint density at radius 3 is 2.59 bits per heavy atom. The van der Waals surface area contributed by atoms with Gasteiger partial charge in [0.2, 0.25) is 11.8 Å². The van der Waals surface area contributed by atoms with E-state index >= 15 is 8.78 Å².